The van der Waals surface area contributed by atoms with Crippen molar-refractivity contribution in [3.63, 3.8) is 0 Å². The van der Waals surface area contributed by atoms with Gasteiger partial charge in [-0.25, -0.2) is 0 Å². The Balaban J connectivity index is 2.27. The molecule has 0 aliphatic carbocycles. The Kier molecular flexibility index (Phi) is 4.50. The summed E-state index contributed by atoms with van der Waals surface area (Å²) < 4.78 is 40.6. The van der Waals surface area contributed by atoms with Gasteiger partial charge in [-0.1, -0.05) is 12.1 Å². The Labute approximate surface area is 118 Å². The predicted molar refractivity (Wildman–Crippen MR) is 72.4 cm³/mol. The number of piperazine rings is 1. The monoisotopic (exact) mass is 370 g/mol. The first-order valence-corrected chi connectivity index (χ1v) is 6.83. The van der Waals surface area contributed by atoms with E-state index in [1.165, 1.54) is 4.90 Å². The van der Waals surface area contributed by atoms with Crippen molar-refractivity contribution in [3.05, 3.63) is 33.4 Å². The molecule has 1 aliphatic rings. The van der Waals surface area contributed by atoms with E-state index in [1.807, 2.05) is 0 Å². The van der Waals surface area contributed by atoms with Crippen LogP contribution in [0.5, 0.6) is 0 Å². The van der Waals surface area contributed by atoms with Crippen LogP contribution < -0.4 is 5.32 Å². The number of rotatable bonds is 2. The van der Waals surface area contributed by atoms with Gasteiger partial charge in [0.15, 0.2) is 0 Å². The van der Waals surface area contributed by atoms with Crippen molar-refractivity contribution in [3.8, 4) is 0 Å². The molecule has 18 heavy (non-hydrogen) atoms. The molecule has 100 valence electrons. The number of nitrogens with zero attached hydrogens (tertiary/aromatic N) is 1. The molecule has 1 atom stereocenters. The van der Waals surface area contributed by atoms with Crippen LogP contribution in [-0.2, 0) is 0 Å². The fraction of sp³-hybridized carbons (Fsp3) is 0.500. The second kappa shape index (κ2) is 5.75. The lowest BCUT2D eigenvalue weighted by atomic mass is 10.0. The van der Waals surface area contributed by atoms with Gasteiger partial charge in [0.25, 0.3) is 0 Å². The molecule has 0 radical (unpaired) electrons. The van der Waals surface area contributed by atoms with Crippen LogP contribution in [0.3, 0.4) is 0 Å². The van der Waals surface area contributed by atoms with Crippen LogP contribution >= 0.6 is 22.6 Å². The maximum absolute atomic E-state index is 13.2. The summed E-state index contributed by atoms with van der Waals surface area (Å²) >= 11 is 2.09. The van der Waals surface area contributed by atoms with Gasteiger partial charge in [-0.2, -0.15) is 13.2 Å². The lowest BCUT2D eigenvalue weighted by Crippen LogP contribution is -2.49. The lowest BCUT2D eigenvalue weighted by molar-refractivity contribution is -0.187. The molecule has 0 aromatic heterocycles. The topological polar surface area (TPSA) is 15.3 Å². The average molecular weight is 370 g/mol. The maximum Gasteiger partial charge on any atom is 0.408 e. The summed E-state index contributed by atoms with van der Waals surface area (Å²) in [7, 11) is 0. The molecule has 0 bridgehead atoms. The van der Waals surface area contributed by atoms with Gasteiger partial charge in [0.2, 0.25) is 0 Å². The standard InChI is InChI=1S/C12H14F3IN2/c13-12(14,15)11(18-7-5-17-6-8-18)9-1-3-10(16)4-2-9/h1-4,11,17H,5-8H2/t11-/m1/s1. The van der Waals surface area contributed by atoms with Crippen LogP contribution in [0.1, 0.15) is 11.6 Å². The third kappa shape index (κ3) is 3.36. The van der Waals surface area contributed by atoms with Gasteiger partial charge in [0.05, 0.1) is 0 Å². The van der Waals surface area contributed by atoms with E-state index in [-0.39, 0.29) is 0 Å². The van der Waals surface area contributed by atoms with E-state index >= 15 is 0 Å². The maximum atomic E-state index is 13.2. The van der Waals surface area contributed by atoms with Crippen LogP contribution in [0, 0.1) is 3.57 Å². The Hall–Kier alpha value is -0.340. The summed E-state index contributed by atoms with van der Waals surface area (Å²) in [5.41, 5.74) is 0.324. The van der Waals surface area contributed by atoms with Crippen molar-refractivity contribution >= 4 is 22.6 Å². The second-order valence-corrected chi connectivity index (χ2v) is 5.53. The molecule has 1 saturated heterocycles. The highest BCUT2D eigenvalue weighted by Crippen LogP contribution is 2.37. The van der Waals surface area contributed by atoms with Gasteiger partial charge in [-0.05, 0) is 40.3 Å². The molecule has 1 aromatic carbocycles. The first kappa shape index (κ1) is 14.1. The normalized spacial score (nSPS) is 19.8. The largest absolute Gasteiger partial charge is 0.408 e. The molecule has 1 aliphatic heterocycles. The Morgan fingerprint density at radius 1 is 1.11 bits per heavy atom. The Morgan fingerprint density at radius 2 is 1.67 bits per heavy atom. The van der Waals surface area contributed by atoms with Crippen LogP contribution in [0.15, 0.2) is 24.3 Å². The van der Waals surface area contributed by atoms with Crippen molar-refractivity contribution in [1.82, 2.24) is 10.2 Å². The molecule has 1 N–H and O–H groups in total. The van der Waals surface area contributed by atoms with Crippen molar-refractivity contribution in [2.75, 3.05) is 26.2 Å². The number of hydrogen-bond donors (Lipinski definition) is 1. The van der Waals surface area contributed by atoms with Crippen LogP contribution in [0.4, 0.5) is 13.2 Å². The number of hydrogen-bond acceptors (Lipinski definition) is 2. The van der Waals surface area contributed by atoms with Crippen LogP contribution in [-0.4, -0.2) is 37.3 Å². The zero-order chi connectivity index (χ0) is 13.2. The third-order valence-electron chi connectivity index (χ3n) is 3.01. The van der Waals surface area contributed by atoms with Crippen molar-refractivity contribution in [2.45, 2.75) is 12.2 Å². The smallest absolute Gasteiger partial charge is 0.314 e. The van der Waals surface area contributed by atoms with Gasteiger partial charge >= 0.3 is 6.18 Å². The molecule has 6 heteroatoms. The van der Waals surface area contributed by atoms with E-state index in [0.29, 0.717) is 31.7 Å². The molecular weight excluding hydrogens is 356 g/mol. The summed E-state index contributed by atoms with van der Waals surface area (Å²) in [4.78, 5) is 1.50. The second-order valence-electron chi connectivity index (χ2n) is 4.28. The first-order chi connectivity index (χ1) is 8.48. The Bertz CT molecular complexity index is 385. The van der Waals surface area contributed by atoms with Crippen LogP contribution in [0.2, 0.25) is 0 Å². The lowest BCUT2D eigenvalue weighted by Gasteiger charge is -2.36. The quantitative estimate of drug-likeness (QED) is 0.806. The zero-order valence-electron chi connectivity index (χ0n) is 9.67. The first-order valence-electron chi connectivity index (χ1n) is 5.75. The molecule has 1 fully saturated rings. The van der Waals surface area contributed by atoms with Gasteiger partial charge in [0, 0.05) is 29.7 Å². The SMILES string of the molecule is FC(F)(F)[C@@H](c1ccc(I)cc1)N1CCNCC1. The van der Waals surface area contributed by atoms with Gasteiger partial charge in [0.1, 0.15) is 6.04 Å². The molecule has 1 aromatic rings. The number of nitrogens with one attached hydrogen (secondary N) is 1. The molecule has 0 amide bonds. The molecule has 0 spiro atoms. The number of halogens is 4. The summed E-state index contributed by atoms with van der Waals surface area (Å²) in [5.74, 6) is 0. The minimum absolute atomic E-state index is 0.324. The summed E-state index contributed by atoms with van der Waals surface area (Å²) in [6.45, 7) is 2.07. The van der Waals surface area contributed by atoms with Gasteiger partial charge in [-0.15, -0.1) is 0 Å². The summed E-state index contributed by atoms with van der Waals surface area (Å²) in [5, 5.41) is 3.07. The van der Waals surface area contributed by atoms with E-state index in [1.54, 1.807) is 24.3 Å². The highest BCUT2D eigenvalue weighted by Gasteiger charge is 2.44. The van der Waals surface area contributed by atoms with E-state index in [9.17, 15) is 13.2 Å². The number of benzene rings is 1. The number of alkyl halides is 3. The fourth-order valence-electron chi connectivity index (χ4n) is 2.19. The third-order valence-corrected chi connectivity index (χ3v) is 3.73. The average Bonchev–Trinajstić information content (AvgIpc) is 2.32. The predicted octanol–water partition coefficient (Wildman–Crippen LogP) is 2.80. The van der Waals surface area contributed by atoms with Crippen LogP contribution in [0.25, 0.3) is 0 Å². The molecule has 0 saturated carbocycles. The van der Waals surface area contributed by atoms with E-state index < -0.39 is 12.2 Å². The Morgan fingerprint density at radius 3 is 2.17 bits per heavy atom. The molecule has 0 unspecified atom stereocenters. The summed E-state index contributed by atoms with van der Waals surface area (Å²) in [6.07, 6.45) is -4.23. The molecule has 2 rings (SSSR count). The minimum atomic E-state index is -4.23. The van der Waals surface area contributed by atoms with Crippen molar-refractivity contribution in [2.24, 2.45) is 0 Å². The highest BCUT2D eigenvalue weighted by molar-refractivity contribution is 14.1. The van der Waals surface area contributed by atoms with E-state index in [0.717, 1.165) is 3.57 Å². The molecule has 1 heterocycles. The van der Waals surface area contributed by atoms with Gasteiger partial charge < -0.3 is 5.32 Å². The summed E-state index contributed by atoms with van der Waals surface area (Å²) in [6, 6.07) is 5.09. The fourth-order valence-corrected chi connectivity index (χ4v) is 2.55. The molecule has 2 nitrogen and oxygen atoms in total. The van der Waals surface area contributed by atoms with Crippen molar-refractivity contribution in [1.29, 1.82) is 0 Å². The van der Waals surface area contributed by atoms with E-state index in [4.69, 9.17) is 0 Å². The van der Waals surface area contributed by atoms with Crippen molar-refractivity contribution < 1.29 is 13.2 Å². The molecular formula is C12H14F3IN2. The zero-order valence-corrected chi connectivity index (χ0v) is 11.8. The van der Waals surface area contributed by atoms with E-state index in [2.05, 4.69) is 27.9 Å². The highest BCUT2D eigenvalue weighted by atomic mass is 127. The minimum Gasteiger partial charge on any atom is -0.314 e. The van der Waals surface area contributed by atoms with Gasteiger partial charge in [-0.3, -0.25) is 4.90 Å².